The number of aromatic nitrogens is 3. The fraction of sp³-hybridized carbons (Fsp3) is 0.222. The Labute approximate surface area is 213 Å². The van der Waals surface area contributed by atoms with Gasteiger partial charge in [-0.25, -0.2) is 9.67 Å². The van der Waals surface area contributed by atoms with Crippen molar-refractivity contribution in [3.63, 3.8) is 0 Å². The molecule has 0 spiro atoms. The van der Waals surface area contributed by atoms with Crippen LogP contribution in [-0.4, -0.2) is 20.7 Å². The van der Waals surface area contributed by atoms with Gasteiger partial charge in [0, 0.05) is 16.6 Å². The molecule has 3 aromatic rings. The number of benzene rings is 1. The number of carbonyl (C=O) groups is 1. The first-order chi connectivity index (χ1) is 16.0. The van der Waals surface area contributed by atoms with Crippen LogP contribution in [0.15, 0.2) is 23.2 Å². The summed E-state index contributed by atoms with van der Waals surface area (Å²) in [7, 11) is -10.1. The number of hydrogen-bond acceptors (Lipinski definition) is 6. The standard InChI is InChI=1S/C18H12Cl3F5N6OS2/c19-10-3-9(35(22,23,24,25)26)4-11(20)14(10)32-15(29-6-8-7-30-17(21)34-8)13(12(5-27)31-32)18(1-2-18)16(28)33/h3-4,7,29H,1-2,6H2,(H2,28,33). The number of nitriles is 1. The Balaban J connectivity index is 1.94. The van der Waals surface area contributed by atoms with Gasteiger partial charge in [0.15, 0.2) is 10.2 Å². The zero-order chi connectivity index (χ0) is 26.0. The van der Waals surface area contributed by atoms with Crippen molar-refractivity contribution >= 4 is 68.1 Å². The van der Waals surface area contributed by atoms with Crippen LogP contribution in [0.2, 0.25) is 14.5 Å². The van der Waals surface area contributed by atoms with Gasteiger partial charge in [-0.05, 0) is 25.0 Å². The minimum absolute atomic E-state index is 0.0220. The van der Waals surface area contributed by atoms with Crippen molar-refractivity contribution in [2.75, 3.05) is 5.32 Å². The van der Waals surface area contributed by atoms with E-state index in [-0.39, 0.29) is 53.1 Å². The SMILES string of the molecule is N#Cc1nn(-c2c(Cl)cc(S(F)(F)(F)(F)F)cc2Cl)c(NCc2cnc(Cl)s2)c1C1(C(N)=O)CC1. The smallest absolute Gasteiger partial charge is 0.310 e. The van der Waals surface area contributed by atoms with Gasteiger partial charge in [-0.3, -0.25) is 4.79 Å². The van der Waals surface area contributed by atoms with E-state index < -0.39 is 42.2 Å². The fourth-order valence-corrected chi connectivity index (χ4v) is 5.90. The Morgan fingerprint density at radius 1 is 1.23 bits per heavy atom. The first kappa shape index (κ1) is 25.8. The molecule has 1 amide bonds. The lowest BCUT2D eigenvalue weighted by Crippen LogP contribution is -2.29. The van der Waals surface area contributed by atoms with Crippen LogP contribution in [0.4, 0.5) is 25.2 Å². The van der Waals surface area contributed by atoms with Crippen LogP contribution in [0.25, 0.3) is 5.69 Å². The van der Waals surface area contributed by atoms with Gasteiger partial charge >= 0.3 is 10.2 Å². The number of primary amides is 1. The maximum Gasteiger partial charge on any atom is 0.310 e. The summed E-state index contributed by atoms with van der Waals surface area (Å²) in [6.07, 6.45) is 2.03. The second kappa shape index (κ2) is 7.59. The minimum Gasteiger partial charge on any atom is -0.369 e. The topological polar surface area (TPSA) is 110 Å². The maximum atomic E-state index is 13.3. The normalized spacial score (nSPS) is 16.8. The molecule has 2 heterocycles. The fourth-order valence-electron chi connectivity index (χ4n) is 3.52. The highest BCUT2D eigenvalue weighted by atomic mass is 35.5. The molecule has 1 aliphatic rings. The summed E-state index contributed by atoms with van der Waals surface area (Å²) in [5.41, 5.74) is 3.72. The minimum atomic E-state index is -10.1. The van der Waals surface area contributed by atoms with Gasteiger partial charge in [0.25, 0.3) is 0 Å². The van der Waals surface area contributed by atoms with E-state index in [1.165, 1.54) is 6.20 Å². The summed E-state index contributed by atoms with van der Waals surface area (Å²) in [5.74, 6) is -0.767. The van der Waals surface area contributed by atoms with E-state index in [0.29, 0.717) is 4.88 Å². The Kier molecular flexibility index (Phi) is 5.59. The van der Waals surface area contributed by atoms with Gasteiger partial charge in [0.2, 0.25) is 5.91 Å². The molecule has 17 heteroatoms. The molecule has 0 bridgehead atoms. The summed E-state index contributed by atoms with van der Waals surface area (Å²) in [4.78, 5) is 14.5. The number of nitrogens with one attached hydrogen (secondary N) is 1. The Morgan fingerprint density at radius 2 is 1.83 bits per heavy atom. The lowest BCUT2D eigenvalue weighted by Gasteiger charge is -2.40. The number of carbonyl (C=O) groups excluding carboxylic acids is 1. The average molecular weight is 594 g/mol. The molecule has 35 heavy (non-hydrogen) atoms. The van der Waals surface area contributed by atoms with Gasteiger partial charge in [0.05, 0.1) is 22.0 Å². The molecule has 0 atom stereocenters. The van der Waals surface area contributed by atoms with E-state index in [0.717, 1.165) is 16.0 Å². The number of rotatable bonds is 7. The number of halogens is 8. The van der Waals surface area contributed by atoms with E-state index in [1.54, 1.807) is 0 Å². The third kappa shape index (κ3) is 4.75. The quantitative estimate of drug-likeness (QED) is 0.288. The predicted molar refractivity (Wildman–Crippen MR) is 124 cm³/mol. The highest BCUT2D eigenvalue weighted by molar-refractivity contribution is 8.45. The Morgan fingerprint density at radius 3 is 2.26 bits per heavy atom. The van der Waals surface area contributed by atoms with Crippen molar-refractivity contribution in [3.8, 4) is 11.8 Å². The van der Waals surface area contributed by atoms with Gasteiger partial charge in [0.1, 0.15) is 22.5 Å². The Hall–Kier alpha value is -2.31. The van der Waals surface area contributed by atoms with Gasteiger partial charge in [-0.2, -0.15) is 10.4 Å². The molecule has 0 saturated heterocycles. The summed E-state index contributed by atoms with van der Waals surface area (Å²) in [6.45, 7) is 0.0432. The van der Waals surface area contributed by atoms with E-state index in [4.69, 9.17) is 40.5 Å². The van der Waals surface area contributed by atoms with Crippen molar-refractivity contribution in [1.82, 2.24) is 14.8 Å². The van der Waals surface area contributed by atoms with E-state index in [2.05, 4.69) is 15.4 Å². The van der Waals surface area contributed by atoms with Gasteiger partial charge in [-0.1, -0.05) is 54.2 Å². The second-order valence-electron chi connectivity index (χ2n) is 7.68. The monoisotopic (exact) mass is 592 g/mol. The van der Waals surface area contributed by atoms with E-state index in [1.807, 2.05) is 6.07 Å². The van der Waals surface area contributed by atoms with E-state index >= 15 is 0 Å². The molecule has 1 aliphatic carbocycles. The number of hydrogen-bond donors (Lipinski definition) is 2. The van der Waals surface area contributed by atoms with Crippen molar-refractivity contribution in [1.29, 1.82) is 5.26 Å². The molecular weight excluding hydrogens is 582 g/mol. The lowest BCUT2D eigenvalue weighted by molar-refractivity contribution is -0.120. The maximum absolute atomic E-state index is 13.3. The van der Waals surface area contributed by atoms with Crippen LogP contribution in [0.1, 0.15) is 29.0 Å². The molecule has 0 radical (unpaired) electrons. The third-order valence-electron chi connectivity index (χ3n) is 5.29. The molecule has 2 aromatic heterocycles. The van der Waals surface area contributed by atoms with Crippen LogP contribution < -0.4 is 11.1 Å². The number of nitrogens with two attached hydrogens (primary N) is 1. The van der Waals surface area contributed by atoms with Gasteiger partial charge in [-0.15, -0.1) is 11.3 Å². The molecule has 188 valence electrons. The molecule has 7 nitrogen and oxygen atoms in total. The highest BCUT2D eigenvalue weighted by Crippen LogP contribution is 3.02. The van der Waals surface area contributed by atoms with Crippen molar-refractivity contribution in [2.24, 2.45) is 5.73 Å². The zero-order valence-electron chi connectivity index (χ0n) is 17.0. The Bertz CT molecular complexity index is 1410. The molecular formula is C18H12Cl3F5N6OS2. The number of thiazole rings is 1. The zero-order valence-corrected chi connectivity index (χ0v) is 20.9. The molecule has 1 saturated carbocycles. The predicted octanol–water partition coefficient (Wildman–Crippen LogP) is 6.95. The summed E-state index contributed by atoms with van der Waals surface area (Å²) in [6, 6.07) is 1.89. The molecule has 3 N–H and O–H groups in total. The number of anilines is 1. The van der Waals surface area contributed by atoms with Crippen LogP contribution in [0, 0.1) is 11.3 Å². The molecule has 0 unspecified atom stereocenters. The highest BCUT2D eigenvalue weighted by Gasteiger charge is 2.65. The van der Waals surface area contributed by atoms with E-state index in [9.17, 15) is 29.5 Å². The van der Waals surface area contributed by atoms with Crippen molar-refractivity contribution < 1.29 is 24.2 Å². The summed E-state index contributed by atoms with van der Waals surface area (Å²) >= 11 is 19.0. The van der Waals surface area contributed by atoms with Crippen molar-refractivity contribution in [3.05, 3.63) is 49.0 Å². The summed E-state index contributed by atoms with van der Waals surface area (Å²) < 4.78 is 67.9. The molecule has 4 rings (SSSR count). The lowest BCUT2D eigenvalue weighted by atomic mass is 9.94. The first-order valence-corrected chi connectivity index (χ1v) is 13.3. The van der Waals surface area contributed by atoms with Crippen molar-refractivity contribution in [2.45, 2.75) is 29.7 Å². The van der Waals surface area contributed by atoms with Crippen LogP contribution in [0.5, 0.6) is 0 Å². The summed E-state index contributed by atoms with van der Waals surface area (Å²) in [5, 5.41) is 15.1. The first-order valence-electron chi connectivity index (χ1n) is 9.38. The molecule has 1 fully saturated rings. The van der Waals surface area contributed by atoms with Crippen LogP contribution in [0.3, 0.4) is 0 Å². The molecule has 1 aromatic carbocycles. The van der Waals surface area contributed by atoms with Crippen LogP contribution in [-0.2, 0) is 16.8 Å². The van der Waals surface area contributed by atoms with Gasteiger partial charge < -0.3 is 11.1 Å². The number of amides is 1. The molecule has 0 aliphatic heterocycles. The van der Waals surface area contributed by atoms with Crippen LogP contribution >= 0.6 is 56.4 Å². The third-order valence-corrected chi connectivity index (χ3v) is 8.11. The second-order valence-corrected chi connectivity index (χ2v) is 12.6. The average Bonchev–Trinajstić information content (AvgIpc) is 3.29. The largest absolute Gasteiger partial charge is 0.369 e. The number of nitrogens with zero attached hydrogens (tertiary/aromatic N) is 4.